The lowest BCUT2D eigenvalue weighted by atomic mass is 10.1. The average Bonchev–Trinajstić information content (AvgIpc) is 2.79. The molecule has 2 aliphatic rings. The Morgan fingerprint density at radius 2 is 2.12 bits per heavy atom. The molecule has 96 valence electrons. The summed E-state index contributed by atoms with van der Waals surface area (Å²) in [5.41, 5.74) is 2.06. The van der Waals surface area contributed by atoms with E-state index in [1.165, 1.54) is 17.2 Å². The zero-order chi connectivity index (χ0) is 12.3. The molecule has 0 radical (unpaired) electrons. The highest BCUT2D eigenvalue weighted by Crippen LogP contribution is 2.28. The third-order valence-corrected chi connectivity index (χ3v) is 3.70. The van der Waals surface area contributed by atoms with Gasteiger partial charge in [0.15, 0.2) is 9.84 Å². The molecule has 4 nitrogen and oxygen atoms in total. The first-order chi connectivity index (χ1) is 8.06. The molecule has 1 aliphatic carbocycles. The normalized spacial score (nSPS) is 22.8. The van der Waals surface area contributed by atoms with Crippen molar-refractivity contribution in [2.45, 2.75) is 19.3 Å². The second-order valence-electron chi connectivity index (χ2n) is 4.55. The highest BCUT2D eigenvalue weighted by Gasteiger charge is 2.20. The Bertz CT molecular complexity index is 431. The van der Waals surface area contributed by atoms with E-state index in [0.29, 0.717) is 13.2 Å². The predicted octanol–water partition coefficient (Wildman–Crippen LogP) is 1.31. The summed E-state index contributed by atoms with van der Waals surface area (Å²) >= 11 is 0. The van der Waals surface area contributed by atoms with Crippen LogP contribution in [-0.2, 0) is 14.6 Å². The van der Waals surface area contributed by atoms with Crippen LogP contribution >= 0.6 is 0 Å². The molecule has 0 bridgehead atoms. The summed E-state index contributed by atoms with van der Waals surface area (Å²) in [6, 6.07) is 0. The van der Waals surface area contributed by atoms with Gasteiger partial charge in [0.1, 0.15) is 0 Å². The molecule has 1 heterocycles. The van der Waals surface area contributed by atoms with Gasteiger partial charge in [-0.15, -0.1) is 0 Å². The largest absolute Gasteiger partial charge is 0.378 e. The van der Waals surface area contributed by atoms with Crippen molar-refractivity contribution < 1.29 is 13.2 Å². The molecule has 2 rings (SSSR count). The third-order valence-electron chi connectivity index (χ3n) is 3.05. The van der Waals surface area contributed by atoms with Crippen molar-refractivity contribution in [3.05, 3.63) is 22.8 Å². The fourth-order valence-corrected chi connectivity index (χ4v) is 2.97. The van der Waals surface area contributed by atoms with Crippen LogP contribution in [0.2, 0.25) is 0 Å². The minimum atomic E-state index is -3.10. The van der Waals surface area contributed by atoms with E-state index in [0.717, 1.165) is 38.0 Å². The van der Waals surface area contributed by atoms with Crippen molar-refractivity contribution >= 4 is 9.84 Å². The number of morpholine rings is 1. The van der Waals surface area contributed by atoms with E-state index in [4.69, 9.17) is 4.74 Å². The van der Waals surface area contributed by atoms with Gasteiger partial charge in [0.25, 0.3) is 0 Å². The predicted molar refractivity (Wildman–Crippen MR) is 67.3 cm³/mol. The minimum absolute atomic E-state index is 0.675. The van der Waals surface area contributed by atoms with Crippen LogP contribution in [0.15, 0.2) is 22.8 Å². The van der Waals surface area contributed by atoms with Gasteiger partial charge in [0, 0.05) is 19.3 Å². The molecule has 0 saturated carbocycles. The Morgan fingerprint density at radius 3 is 2.65 bits per heavy atom. The number of hydrogen-bond acceptors (Lipinski definition) is 4. The monoisotopic (exact) mass is 257 g/mol. The average molecular weight is 257 g/mol. The SMILES string of the molecule is CS(=O)(=O)/C=C(/C1=CCCC1)N1CCOCC1. The van der Waals surface area contributed by atoms with Crippen molar-refractivity contribution in [1.29, 1.82) is 0 Å². The van der Waals surface area contributed by atoms with Gasteiger partial charge in [0.05, 0.1) is 24.3 Å². The molecular weight excluding hydrogens is 238 g/mol. The van der Waals surface area contributed by atoms with Gasteiger partial charge < -0.3 is 9.64 Å². The number of hydrogen-bond donors (Lipinski definition) is 0. The third kappa shape index (κ3) is 3.57. The summed E-state index contributed by atoms with van der Waals surface area (Å²) in [6.45, 7) is 2.90. The first-order valence-electron chi connectivity index (χ1n) is 6.00. The van der Waals surface area contributed by atoms with Crippen molar-refractivity contribution in [3.8, 4) is 0 Å². The maximum atomic E-state index is 11.5. The van der Waals surface area contributed by atoms with E-state index in [1.807, 2.05) is 0 Å². The standard InChI is InChI=1S/C12H19NO3S/c1-17(14,15)10-12(11-4-2-3-5-11)13-6-8-16-9-7-13/h4,10H,2-3,5-9H2,1H3/b12-10-. The summed E-state index contributed by atoms with van der Waals surface area (Å²) in [7, 11) is -3.10. The van der Waals surface area contributed by atoms with Gasteiger partial charge in [-0.2, -0.15) is 0 Å². The molecule has 0 aromatic carbocycles. The smallest absolute Gasteiger partial charge is 0.170 e. The number of nitrogens with zero attached hydrogens (tertiary/aromatic N) is 1. The van der Waals surface area contributed by atoms with E-state index >= 15 is 0 Å². The van der Waals surface area contributed by atoms with E-state index in [-0.39, 0.29) is 0 Å². The van der Waals surface area contributed by atoms with Crippen LogP contribution in [-0.4, -0.2) is 45.9 Å². The van der Waals surface area contributed by atoms with Crippen molar-refractivity contribution in [2.24, 2.45) is 0 Å². The second kappa shape index (κ2) is 5.23. The maximum Gasteiger partial charge on any atom is 0.170 e. The number of rotatable bonds is 3. The molecule has 0 atom stereocenters. The highest BCUT2D eigenvalue weighted by molar-refractivity contribution is 7.93. The highest BCUT2D eigenvalue weighted by atomic mass is 32.2. The zero-order valence-corrected chi connectivity index (χ0v) is 11.0. The van der Waals surface area contributed by atoms with Crippen molar-refractivity contribution in [2.75, 3.05) is 32.6 Å². The summed E-state index contributed by atoms with van der Waals surface area (Å²) in [6.07, 6.45) is 6.58. The molecular formula is C12H19NO3S. The van der Waals surface area contributed by atoms with Crippen molar-refractivity contribution in [1.82, 2.24) is 4.90 Å². The Labute approximate surface area is 103 Å². The maximum absolute atomic E-state index is 11.5. The Hall–Kier alpha value is -0.810. The molecule has 0 spiro atoms. The fraction of sp³-hybridized carbons (Fsp3) is 0.667. The van der Waals surface area contributed by atoms with E-state index in [9.17, 15) is 8.42 Å². The van der Waals surface area contributed by atoms with Gasteiger partial charge in [-0.3, -0.25) is 0 Å². The van der Waals surface area contributed by atoms with Crippen molar-refractivity contribution in [3.63, 3.8) is 0 Å². The van der Waals surface area contributed by atoms with Crippen LogP contribution < -0.4 is 0 Å². The lowest BCUT2D eigenvalue weighted by Crippen LogP contribution is -2.36. The van der Waals surface area contributed by atoms with E-state index in [2.05, 4.69) is 11.0 Å². The van der Waals surface area contributed by atoms with Crippen LogP contribution in [0.25, 0.3) is 0 Å². The van der Waals surface area contributed by atoms with E-state index in [1.54, 1.807) is 0 Å². The summed E-state index contributed by atoms with van der Waals surface area (Å²) in [5, 5.41) is 1.41. The fourth-order valence-electron chi connectivity index (χ4n) is 2.26. The van der Waals surface area contributed by atoms with Gasteiger partial charge in [-0.25, -0.2) is 8.42 Å². The van der Waals surface area contributed by atoms with Crippen LogP contribution in [0.4, 0.5) is 0 Å². The van der Waals surface area contributed by atoms with Crippen LogP contribution in [0.5, 0.6) is 0 Å². The second-order valence-corrected chi connectivity index (χ2v) is 6.45. The number of sulfone groups is 1. The molecule has 0 amide bonds. The quantitative estimate of drug-likeness (QED) is 0.765. The zero-order valence-electron chi connectivity index (χ0n) is 10.2. The molecule has 1 saturated heterocycles. The lowest BCUT2D eigenvalue weighted by molar-refractivity contribution is 0.0547. The molecule has 0 aromatic rings. The van der Waals surface area contributed by atoms with Gasteiger partial charge in [-0.05, 0) is 24.8 Å². The summed E-state index contributed by atoms with van der Waals surface area (Å²) in [4.78, 5) is 2.13. The first-order valence-corrected chi connectivity index (χ1v) is 7.95. The summed E-state index contributed by atoms with van der Waals surface area (Å²) in [5.74, 6) is 0. The number of ether oxygens (including phenoxy) is 1. The molecule has 0 N–H and O–H groups in total. The molecule has 1 aliphatic heterocycles. The number of allylic oxidation sites excluding steroid dienone is 2. The topological polar surface area (TPSA) is 46.6 Å². The molecule has 5 heteroatoms. The van der Waals surface area contributed by atoms with Gasteiger partial charge >= 0.3 is 0 Å². The Kier molecular flexibility index (Phi) is 3.89. The van der Waals surface area contributed by atoms with Crippen LogP contribution in [0, 0.1) is 0 Å². The molecule has 1 fully saturated rings. The van der Waals surface area contributed by atoms with Gasteiger partial charge in [-0.1, -0.05) is 6.08 Å². The van der Waals surface area contributed by atoms with Crippen LogP contribution in [0.1, 0.15) is 19.3 Å². The molecule has 0 unspecified atom stereocenters. The van der Waals surface area contributed by atoms with E-state index < -0.39 is 9.84 Å². The molecule has 0 aromatic heterocycles. The Morgan fingerprint density at radius 1 is 1.41 bits per heavy atom. The lowest BCUT2D eigenvalue weighted by Gasteiger charge is -2.31. The molecule has 17 heavy (non-hydrogen) atoms. The first kappa shape index (κ1) is 12.6. The summed E-state index contributed by atoms with van der Waals surface area (Å²) < 4.78 is 28.3. The minimum Gasteiger partial charge on any atom is -0.378 e. The Balaban J connectivity index is 2.26. The van der Waals surface area contributed by atoms with Gasteiger partial charge in [0.2, 0.25) is 0 Å². The van der Waals surface area contributed by atoms with Crippen LogP contribution in [0.3, 0.4) is 0 Å².